The lowest BCUT2D eigenvalue weighted by Crippen LogP contribution is -1.95. The van der Waals surface area contributed by atoms with Crippen molar-refractivity contribution in [3.05, 3.63) is 83.4 Å². The summed E-state index contributed by atoms with van der Waals surface area (Å²) in [5.41, 5.74) is 9.71. The molecule has 0 N–H and O–H groups in total. The number of hydrogen-bond donors (Lipinski definition) is 0. The van der Waals surface area contributed by atoms with Gasteiger partial charge in [0.05, 0.1) is 0 Å². The van der Waals surface area contributed by atoms with Crippen LogP contribution in [-0.2, 0) is 12.8 Å². The second-order valence-electron chi connectivity index (χ2n) is 8.17. The van der Waals surface area contributed by atoms with E-state index < -0.39 is 0 Å². The average Bonchev–Trinajstić information content (AvgIpc) is 2.73. The van der Waals surface area contributed by atoms with Crippen molar-refractivity contribution in [3.63, 3.8) is 0 Å². The van der Waals surface area contributed by atoms with Crippen LogP contribution in [0.5, 0.6) is 0 Å². The first-order valence-electron chi connectivity index (χ1n) is 11.0. The minimum Gasteiger partial charge on any atom is -0.0654 e. The van der Waals surface area contributed by atoms with Gasteiger partial charge < -0.3 is 0 Å². The molecule has 0 amide bonds. The Bertz CT molecular complexity index is 867. The summed E-state index contributed by atoms with van der Waals surface area (Å²) < 4.78 is 0. The molecule has 3 aromatic carbocycles. The molecule has 3 rings (SSSR count). The Balaban J connectivity index is 2.05. The highest BCUT2D eigenvalue weighted by Gasteiger charge is 2.12. The van der Waals surface area contributed by atoms with Gasteiger partial charge in [-0.25, -0.2) is 0 Å². The highest BCUT2D eigenvalue weighted by molar-refractivity contribution is 5.86. The number of rotatable bonds is 8. The summed E-state index contributed by atoms with van der Waals surface area (Å²) in [6.45, 7) is 9.03. The molecule has 0 aromatic heterocycles. The molecular formula is C28H34. The molecule has 146 valence electrons. The lowest BCUT2D eigenvalue weighted by atomic mass is 9.88. The second kappa shape index (κ2) is 9.73. The van der Waals surface area contributed by atoms with E-state index in [0.29, 0.717) is 5.92 Å². The molecule has 0 nitrogen and oxygen atoms in total. The smallest absolute Gasteiger partial charge is 0.00733 e. The first-order valence-corrected chi connectivity index (χ1v) is 11.0. The monoisotopic (exact) mass is 370 g/mol. The van der Waals surface area contributed by atoms with Gasteiger partial charge in [0.25, 0.3) is 0 Å². The largest absolute Gasteiger partial charge is 0.0654 e. The zero-order valence-electron chi connectivity index (χ0n) is 18.0. The molecule has 0 radical (unpaired) electrons. The van der Waals surface area contributed by atoms with Gasteiger partial charge in [-0.05, 0) is 64.1 Å². The van der Waals surface area contributed by atoms with E-state index >= 15 is 0 Å². The standard InChI is InChI=1S/C28H34/c1-5-7-10-22-13-15-26(16-14-22)28-25(9-6-2)11-8-12-27(28)24-19-17-23(18-20-24)21(3)4/h8,11-21H,5-7,9-10H2,1-4H3. The molecule has 0 aliphatic rings. The molecule has 0 heteroatoms. The van der Waals surface area contributed by atoms with Gasteiger partial charge in [0, 0.05) is 0 Å². The molecule has 0 fully saturated rings. The van der Waals surface area contributed by atoms with Crippen LogP contribution in [0.25, 0.3) is 22.3 Å². The maximum absolute atomic E-state index is 2.32. The number of unbranched alkanes of at least 4 members (excludes halogenated alkanes) is 1. The van der Waals surface area contributed by atoms with Crippen molar-refractivity contribution in [2.24, 2.45) is 0 Å². The molecule has 0 bridgehead atoms. The molecule has 0 spiro atoms. The predicted octanol–water partition coefficient (Wildman–Crippen LogP) is 8.44. The minimum atomic E-state index is 0.565. The minimum absolute atomic E-state index is 0.565. The molecule has 3 aromatic rings. The maximum atomic E-state index is 2.32. The van der Waals surface area contributed by atoms with Crippen LogP contribution in [0.15, 0.2) is 66.7 Å². The highest BCUT2D eigenvalue weighted by atomic mass is 14.2. The van der Waals surface area contributed by atoms with E-state index in [2.05, 4.69) is 94.4 Å². The van der Waals surface area contributed by atoms with Crippen molar-refractivity contribution in [2.75, 3.05) is 0 Å². The Hall–Kier alpha value is -2.34. The van der Waals surface area contributed by atoms with Gasteiger partial charge in [-0.2, -0.15) is 0 Å². The maximum Gasteiger partial charge on any atom is -0.00733 e. The fourth-order valence-corrected chi connectivity index (χ4v) is 3.93. The van der Waals surface area contributed by atoms with Gasteiger partial charge in [0.15, 0.2) is 0 Å². The van der Waals surface area contributed by atoms with Gasteiger partial charge >= 0.3 is 0 Å². The number of aryl methyl sites for hydroxylation is 2. The molecule has 0 saturated heterocycles. The van der Waals surface area contributed by atoms with Crippen LogP contribution in [0.4, 0.5) is 0 Å². The molecule has 0 aliphatic heterocycles. The molecule has 0 heterocycles. The Labute approximate surface area is 171 Å². The second-order valence-corrected chi connectivity index (χ2v) is 8.17. The van der Waals surface area contributed by atoms with Crippen molar-refractivity contribution in [1.82, 2.24) is 0 Å². The zero-order valence-corrected chi connectivity index (χ0v) is 18.0. The van der Waals surface area contributed by atoms with Gasteiger partial charge in [-0.15, -0.1) is 0 Å². The van der Waals surface area contributed by atoms with Crippen molar-refractivity contribution in [3.8, 4) is 22.3 Å². The number of hydrogen-bond acceptors (Lipinski definition) is 0. The van der Waals surface area contributed by atoms with E-state index in [1.807, 2.05) is 0 Å². The van der Waals surface area contributed by atoms with Crippen LogP contribution in [0, 0.1) is 0 Å². The van der Waals surface area contributed by atoms with Gasteiger partial charge in [-0.3, -0.25) is 0 Å². The molecule has 0 unspecified atom stereocenters. The van der Waals surface area contributed by atoms with Crippen LogP contribution in [0.1, 0.15) is 69.6 Å². The van der Waals surface area contributed by atoms with Gasteiger partial charge in [-0.1, -0.05) is 107 Å². The Morgan fingerprint density at radius 2 is 1.36 bits per heavy atom. The van der Waals surface area contributed by atoms with Crippen LogP contribution >= 0.6 is 0 Å². The van der Waals surface area contributed by atoms with E-state index in [1.165, 1.54) is 58.2 Å². The topological polar surface area (TPSA) is 0 Å². The third kappa shape index (κ3) is 4.73. The van der Waals surface area contributed by atoms with Crippen LogP contribution in [-0.4, -0.2) is 0 Å². The van der Waals surface area contributed by atoms with E-state index in [0.717, 1.165) is 12.8 Å². The third-order valence-corrected chi connectivity index (χ3v) is 5.62. The van der Waals surface area contributed by atoms with E-state index in [9.17, 15) is 0 Å². The summed E-state index contributed by atoms with van der Waals surface area (Å²) in [6, 6.07) is 25.2. The normalized spacial score (nSPS) is 11.2. The molecule has 0 atom stereocenters. The summed E-state index contributed by atoms with van der Waals surface area (Å²) in [4.78, 5) is 0. The van der Waals surface area contributed by atoms with E-state index in [1.54, 1.807) is 0 Å². The zero-order chi connectivity index (χ0) is 19.9. The van der Waals surface area contributed by atoms with Crippen LogP contribution < -0.4 is 0 Å². The fraction of sp³-hybridized carbons (Fsp3) is 0.357. The van der Waals surface area contributed by atoms with Crippen molar-refractivity contribution in [2.45, 2.75) is 65.7 Å². The Morgan fingerprint density at radius 3 is 1.96 bits per heavy atom. The van der Waals surface area contributed by atoms with E-state index in [-0.39, 0.29) is 0 Å². The van der Waals surface area contributed by atoms with Crippen LogP contribution in [0.2, 0.25) is 0 Å². The lowest BCUT2D eigenvalue weighted by molar-refractivity contribution is 0.795. The molecular weight excluding hydrogens is 336 g/mol. The predicted molar refractivity (Wildman–Crippen MR) is 124 cm³/mol. The highest BCUT2D eigenvalue weighted by Crippen LogP contribution is 2.36. The molecule has 0 aliphatic carbocycles. The van der Waals surface area contributed by atoms with Crippen molar-refractivity contribution in [1.29, 1.82) is 0 Å². The SMILES string of the molecule is CCCCc1ccc(-c2c(CCC)cccc2-c2ccc(C(C)C)cc2)cc1. The first kappa shape index (κ1) is 20.4. The lowest BCUT2D eigenvalue weighted by Gasteiger charge is -2.17. The Kier molecular flexibility index (Phi) is 7.09. The van der Waals surface area contributed by atoms with E-state index in [4.69, 9.17) is 0 Å². The van der Waals surface area contributed by atoms with Crippen molar-refractivity contribution < 1.29 is 0 Å². The average molecular weight is 371 g/mol. The van der Waals surface area contributed by atoms with Crippen LogP contribution in [0.3, 0.4) is 0 Å². The summed E-state index contributed by atoms with van der Waals surface area (Å²) in [6.07, 6.45) is 5.97. The summed E-state index contributed by atoms with van der Waals surface area (Å²) in [5, 5.41) is 0. The summed E-state index contributed by atoms with van der Waals surface area (Å²) in [7, 11) is 0. The quantitative estimate of drug-likeness (QED) is 0.373. The number of benzene rings is 3. The molecule has 28 heavy (non-hydrogen) atoms. The summed E-state index contributed by atoms with van der Waals surface area (Å²) in [5.74, 6) is 0.565. The summed E-state index contributed by atoms with van der Waals surface area (Å²) >= 11 is 0. The van der Waals surface area contributed by atoms with Gasteiger partial charge in [0.1, 0.15) is 0 Å². The van der Waals surface area contributed by atoms with Gasteiger partial charge in [0.2, 0.25) is 0 Å². The Morgan fingerprint density at radius 1 is 0.679 bits per heavy atom. The van der Waals surface area contributed by atoms with Crippen molar-refractivity contribution >= 4 is 0 Å². The molecule has 0 saturated carbocycles. The third-order valence-electron chi connectivity index (χ3n) is 5.62. The first-order chi connectivity index (χ1) is 13.6. The fourth-order valence-electron chi connectivity index (χ4n) is 3.93.